The molecule has 4 heteroatoms. The number of aliphatic hydroxyl groups excluding tert-OH is 1. The fourth-order valence-electron chi connectivity index (χ4n) is 3.61. The van der Waals surface area contributed by atoms with Crippen LogP contribution in [0.3, 0.4) is 0 Å². The summed E-state index contributed by atoms with van der Waals surface area (Å²) in [5.74, 6) is -0.178. The summed E-state index contributed by atoms with van der Waals surface area (Å²) in [6.45, 7) is 10.2. The monoisotopic (exact) mass is 400 g/mol. The number of cyclic esters (lactones) is 1. The van der Waals surface area contributed by atoms with E-state index in [1.807, 2.05) is 12.3 Å². The van der Waals surface area contributed by atoms with E-state index >= 15 is 0 Å². The van der Waals surface area contributed by atoms with E-state index in [9.17, 15) is 9.90 Å². The van der Waals surface area contributed by atoms with E-state index in [-0.39, 0.29) is 5.97 Å². The van der Waals surface area contributed by atoms with E-state index in [0.717, 1.165) is 31.3 Å². The van der Waals surface area contributed by atoms with Gasteiger partial charge in [-0.25, -0.2) is 0 Å². The summed E-state index contributed by atoms with van der Waals surface area (Å²) in [4.78, 5) is 11.5. The van der Waals surface area contributed by atoms with Crippen LogP contribution in [0.15, 0.2) is 59.0 Å². The number of aliphatic hydroxyl groups is 1. The fourth-order valence-corrected chi connectivity index (χ4v) is 3.61. The molecule has 1 saturated heterocycles. The molecule has 0 aromatic carbocycles. The third-order valence-corrected chi connectivity index (χ3v) is 5.65. The molecule has 1 aromatic rings. The lowest BCUT2D eigenvalue weighted by molar-refractivity contribution is -0.143. The summed E-state index contributed by atoms with van der Waals surface area (Å²) in [5, 5.41) is 10.0. The predicted octanol–water partition coefficient (Wildman–Crippen LogP) is 5.78. The molecule has 160 valence electrons. The van der Waals surface area contributed by atoms with Crippen LogP contribution in [0.1, 0.15) is 64.9 Å². The normalized spacial score (nSPS) is 23.5. The Bertz CT molecular complexity index is 698. The molecule has 0 bridgehead atoms. The number of esters is 1. The zero-order valence-electron chi connectivity index (χ0n) is 18.1. The van der Waals surface area contributed by atoms with Gasteiger partial charge in [-0.1, -0.05) is 42.9 Å². The van der Waals surface area contributed by atoms with Gasteiger partial charge in [0.1, 0.15) is 12.2 Å². The average Bonchev–Trinajstić information content (AvgIpc) is 3.27. The van der Waals surface area contributed by atoms with Crippen molar-refractivity contribution in [3.63, 3.8) is 0 Å². The maximum atomic E-state index is 11.5. The van der Waals surface area contributed by atoms with E-state index in [2.05, 4.69) is 38.7 Å². The van der Waals surface area contributed by atoms with Crippen LogP contribution in [-0.2, 0) is 16.0 Å². The van der Waals surface area contributed by atoms with E-state index < -0.39 is 18.1 Å². The Morgan fingerprint density at radius 3 is 2.79 bits per heavy atom. The fraction of sp³-hybridized carbons (Fsp3) is 0.560. The molecule has 0 radical (unpaired) electrons. The van der Waals surface area contributed by atoms with Crippen LogP contribution >= 0.6 is 0 Å². The Morgan fingerprint density at radius 1 is 1.34 bits per heavy atom. The lowest BCUT2D eigenvalue weighted by Gasteiger charge is -2.15. The molecule has 0 spiro atoms. The summed E-state index contributed by atoms with van der Waals surface area (Å²) in [5.41, 5.74) is 3.65. The number of rotatable bonds is 12. The van der Waals surface area contributed by atoms with E-state index in [1.165, 1.54) is 24.0 Å². The van der Waals surface area contributed by atoms with Crippen molar-refractivity contribution >= 4 is 5.97 Å². The molecule has 1 fully saturated rings. The minimum Gasteiger partial charge on any atom is -0.472 e. The molecule has 1 aliphatic heterocycles. The largest absolute Gasteiger partial charge is 0.472 e. The van der Waals surface area contributed by atoms with Crippen LogP contribution in [-0.4, -0.2) is 23.3 Å². The number of allylic oxidation sites excluding steroid dienone is 4. The van der Waals surface area contributed by atoms with Gasteiger partial charge in [0.05, 0.1) is 18.4 Å². The highest BCUT2D eigenvalue weighted by atomic mass is 16.6. The van der Waals surface area contributed by atoms with Gasteiger partial charge in [0.2, 0.25) is 0 Å². The van der Waals surface area contributed by atoms with Crippen molar-refractivity contribution in [1.29, 1.82) is 0 Å². The Kier molecular flexibility index (Phi) is 9.46. The van der Waals surface area contributed by atoms with Gasteiger partial charge in [-0.2, -0.15) is 0 Å². The first-order valence-corrected chi connectivity index (χ1v) is 10.8. The molecule has 1 aliphatic rings. The summed E-state index contributed by atoms with van der Waals surface area (Å²) in [6.07, 6.45) is 15.9. The molecular weight excluding hydrogens is 364 g/mol. The van der Waals surface area contributed by atoms with Crippen molar-refractivity contribution < 1.29 is 19.1 Å². The topological polar surface area (TPSA) is 59.7 Å². The molecule has 1 aromatic heterocycles. The number of ether oxygens (including phenoxy) is 1. The third kappa shape index (κ3) is 8.06. The SMILES string of the molecule is C=C(CCC/C(C)=C/C=C/C(C)CCCc1ccoc1)CC1OC(=O)C(C)C1O. The van der Waals surface area contributed by atoms with Crippen molar-refractivity contribution in [1.82, 2.24) is 0 Å². The second-order valence-corrected chi connectivity index (χ2v) is 8.46. The van der Waals surface area contributed by atoms with E-state index in [4.69, 9.17) is 9.15 Å². The lowest BCUT2D eigenvalue weighted by Crippen LogP contribution is -2.25. The molecule has 29 heavy (non-hydrogen) atoms. The van der Waals surface area contributed by atoms with Gasteiger partial charge in [0.15, 0.2) is 0 Å². The number of carbonyl (C=O) groups excluding carboxylic acids is 1. The predicted molar refractivity (Wildman–Crippen MR) is 116 cm³/mol. The molecule has 0 saturated carbocycles. The number of hydrogen-bond donors (Lipinski definition) is 1. The number of aryl methyl sites for hydroxylation is 1. The van der Waals surface area contributed by atoms with Gasteiger partial charge in [-0.05, 0) is 69.9 Å². The number of furan rings is 1. The van der Waals surface area contributed by atoms with Crippen molar-refractivity contribution in [2.24, 2.45) is 11.8 Å². The molecule has 2 rings (SSSR count). The summed E-state index contributed by atoms with van der Waals surface area (Å²) in [7, 11) is 0. The second kappa shape index (κ2) is 11.8. The zero-order chi connectivity index (χ0) is 21.2. The zero-order valence-corrected chi connectivity index (χ0v) is 18.1. The number of hydrogen-bond acceptors (Lipinski definition) is 4. The highest BCUT2D eigenvalue weighted by Crippen LogP contribution is 2.27. The average molecular weight is 401 g/mol. The lowest BCUT2D eigenvalue weighted by atomic mass is 9.96. The van der Waals surface area contributed by atoms with E-state index in [1.54, 1.807) is 13.2 Å². The van der Waals surface area contributed by atoms with Gasteiger partial charge in [0.25, 0.3) is 0 Å². The maximum Gasteiger partial charge on any atom is 0.311 e. The standard InChI is InChI=1S/C25H36O4/c1-18(8-5-9-19(2)11-7-13-22-14-15-28-17-22)10-6-12-20(3)16-23-24(26)21(4)25(27)29-23/h5,8-9,14-15,17,19,21,23-24,26H,3,6-7,10-13,16H2,1-2,4H3/b9-5+,18-8+. The van der Waals surface area contributed by atoms with Crippen LogP contribution in [0.4, 0.5) is 0 Å². The van der Waals surface area contributed by atoms with Gasteiger partial charge in [-0.15, -0.1) is 0 Å². The Morgan fingerprint density at radius 2 is 2.14 bits per heavy atom. The molecular formula is C25H36O4. The quantitative estimate of drug-likeness (QED) is 0.274. The van der Waals surface area contributed by atoms with Gasteiger partial charge >= 0.3 is 5.97 Å². The minimum atomic E-state index is -0.715. The summed E-state index contributed by atoms with van der Waals surface area (Å²) in [6, 6.07) is 2.03. The van der Waals surface area contributed by atoms with Crippen LogP contribution in [0.2, 0.25) is 0 Å². The van der Waals surface area contributed by atoms with Gasteiger partial charge in [-0.3, -0.25) is 4.79 Å². The minimum absolute atomic E-state index is 0.309. The van der Waals surface area contributed by atoms with Crippen LogP contribution in [0.5, 0.6) is 0 Å². The third-order valence-electron chi connectivity index (χ3n) is 5.65. The van der Waals surface area contributed by atoms with Crippen LogP contribution < -0.4 is 0 Å². The van der Waals surface area contributed by atoms with Crippen LogP contribution in [0.25, 0.3) is 0 Å². The Labute approximate surface area is 175 Å². The number of carbonyl (C=O) groups is 1. The molecule has 1 N–H and O–H groups in total. The van der Waals surface area contributed by atoms with Crippen molar-refractivity contribution in [2.45, 2.75) is 77.9 Å². The summed E-state index contributed by atoms with van der Waals surface area (Å²) >= 11 is 0. The molecule has 0 aliphatic carbocycles. The van der Waals surface area contributed by atoms with E-state index in [0.29, 0.717) is 12.3 Å². The van der Waals surface area contributed by atoms with Crippen molar-refractivity contribution in [3.8, 4) is 0 Å². The molecule has 4 unspecified atom stereocenters. The summed E-state index contributed by atoms with van der Waals surface area (Å²) < 4.78 is 10.3. The second-order valence-electron chi connectivity index (χ2n) is 8.46. The van der Waals surface area contributed by atoms with Gasteiger partial charge in [0, 0.05) is 6.42 Å². The molecule has 4 nitrogen and oxygen atoms in total. The molecule has 2 heterocycles. The van der Waals surface area contributed by atoms with Crippen LogP contribution in [0, 0.1) is 11.8 Å². The van der Waals surface area contributed by atoms with Gasteiger partial charge < -0.3 is 14.3 Å². The highest BCUT2D eigenvalue weighted by molar-refractivity contribution is 5.75. The highest BCUT2D eigenvalue weighted by Gasteiger charge is 2.40. The first-order valence-electron chi connectivity index (χ1n) is 10.8. The van der Waals surface area contributed by atoms with Crippen molar-refractivity contribution in [3.05, 3.63) is 60.1 Å². The van der Waals surface area contributed by atoms with Crippen molar-refractivity contribution in [2.75, 3.05) is 0 Å². The first kappa shape index (κ1) is 23.2. The Balaban J connectivity index is 1.59. The molecule has 0 amide bonds. The molecule has 4 atom stereocenters. The first-order chi connectivity index (χ1) is 13.9. The smallest absolute Gasteiger partial charge is 0.311 e. The maximum absolute atomic E-state index is 11.5. The Hall–Kier alpha value is -2.07.